The summed E-state index contributed by atoms with van der Waals surface area (Å²) >= 11 is 0. The molecular formula is C20H31N. The highest BCUT2D eigenvalue weighted by atomic mass is 14.9. The fourth-order valence-electron chi connectivity index (χ4n) is 4.21. The van der Waals surface area contributed by atoms with Crippen LogP contribution in [0.25, 0.3) is 0 Å². The molecule has 0 aromatic heterocycles. The monoisotopic (exact) mass is 285 g/mol. The predicted octanol–water partition coefficient (Wildman–Crippen LogP) is 4.87. The largest absolute Gasteiger partial charge is 0.312 e. The third-order valence-electron chi connectivity index (χ3n) is 5.66. The first-order valence-electron chi connectivity index (χ1n) is 9.14. The van der Waals surface area contributed by atoms with Crippen molar-refractivity contribution >= 4 is 0 Å². The Morgan fingerprint density at radius 1 is 1.00 bits per heavy atom. The first-order valence-corrected chi connectivity index (χ1v) is 9.14. The smallest absolute Gasteiger partial charge is 0.0205 e. The topological polar surface area (TPSA) is 12.0 Å². The van der Waals surface area contributed by atoms with Gasteiger partial charge in [-0.15, -0.1) is 0 Å². The molecule has 0 spiro atoms. The number of fused-ring (bicyclic) bond motifs is 1. The molecule has 1 unspecified atom stereocenters. The Bertz CT molecular complexity index is 445. The molecule has 1 fully saturated rings. The lowest BCUT2D eigenvalue weighted by atomic mass is 9.81. The molecule has 0 saturated heterocycles. The summed E-state index contributed by atoms with van der Waals surface area (Å²) in [5.74, 6) is 1.80. The van der Waals surface area contributed by atoms with E-state index >= 15 is 0 Å². The van der Waals surface area contributed by atoms with E-state index < -0.39 is 0 Å². The van der Waals surface area contributed by atoms with Crippen molar-refractivity contribution in [3.05, 3.63) is 34.9 Å². The number of rotatable bonds is 5. The highest BCUT2D eigenvalue weighted by molar-refractivity contribution is 5.33. The van der Waals surface area contributed by atoms with Gasteiger partial charge < -0.3 is 5.32 Å². The van der Waals surface area contributed by atoms with Crippen LogP contribution in [0, 0.1) is 11.8 Å². The molecule has 1 N–H and O–H groups in total. The van der Waals surface area contributed by atoms with E-state index in [1.165, 1.54) is 69.9 Å². The van der Waals surface area contributed by atoms with Crippen LogP contribution in [0.3, 0.4) is 0 Å². The van der Waals surface area contributed by atoms with Crippen molar-refractivity contribution in [1.29, 1.82) is 0 Å². The molecule has 1 heteroatoms. The average Bonchev–Trinajstić information content (AvgIpc) is 2.55. The zero-order valence-corrected chi connectivity index (χ0v) is 13.7. The first kappa shape index (κ1) is 15.1. The van der Waals surface area contributed by atoms with Gasteiger partial charge in [-0.05, 0) is 60.8 Å². The second kappa shape index (κ2) is 7.45. The normalized spacial score (nSPS) is 21.0. The zero-order valence-electron chi connectivity index (χ0n) is 13.7. The molecule has 0 bridgehead atoms. The second-order valence-electron chi connectivity index (χ2n) is 7.32. The fraction of sp³-hybridized carbons (Fsp3) is 0.700. The Labute approximate surface area is 130 Å². The quantitative estimate of drug-likeness (QED) is 0.813. The van der Waals surface area contributed by atoms with E-state index in [2.05, 4.69) is 30.4 Å². The standard InChI is InChI=1S/C20H31N/c1-16(18-7-3-2-4-8-18)14-21-15-17-11-12-19-9-5-6-10-20(19)13-17/h11-13,16,18,21H,2-10,14-15H2,1H3. The molecule has 1 aromatic rings. The van der Waals surface area contributed by atoms with Crippen LogP contribution in [0.1, 0.15) is 68.6 Å². The molecule has 1 saturated carbocycles. The zero-order chi connectivity index (χ0) is 14.5. The van der Waals surface area contributed by atoms with Gasteiger partial charge >= 0.3 is 0 Å². The van der Waals surface area contributed by atoms with Crippen LogP contribution in [0.5, 0.6) is 0 Å². The SMILES string of the molecule is CC(CNCc1ccc2c(c1)CCCC2)C1CCCCC1. The number of nitrogens with one attached hydrogen (secondary N) is 1. The average molecular weight is 285 g/mol. The number of hydrogen-bond acceptors (Lipinski definition) is 1. The van der Waals surface area contributed by atoms with Gasteiger partial charge in [0.15, 0.2) is 0 Å². The summed E-state index contributed by atoms with van der Waals surface area (Å²) in [6.45, 7) is 4.67. The van der Waals surface area contributed by atoms with Crippen LogP contribution >= 0.6 is 0 Å². The van der Waals surface area contributed by atoms with E-state index in [1.54, 1.807) is 11.1 Å². The highest BCUT2D eigenvalue weighted by Gasteiger charge is 2.19. The molecule has 116 valence electrons. The van der Waals surface area contributed by atoms with Gasteiger partial charge in [-0.3, -0.25) is 0 Å². The van der Waals surface area contributed by atoms with Gasteiger partial charge in [-0.1, -0.05) is 57.2 Å². The maximum absolute atomic E-state index is 3.71. The fourth-order valence-corrected chi connectivity index (χ4v) is 4.21. The molecule has 1 atom stereocenters. The first-order chi connectivity index (χ1) is 10.3. The van der Waals surface area contributed by atoms with Crippen molar-refractivity contribution in [2.45, 2.75) is 71.3 Å². The van der Waals surface area contributed by atoms with Crippen LogP contribution in [0.2, 0.25) is 0 Å². The lowest BCUT2D eigenvalue weighted by Gasteiger charge is -2.28. The summed E-state index contributed by atoms with van der Waals surface area (Å²) in [7, 11) is 0. The number of aryl methyl sites for hydroxylation is 2. The minimum Gasteiger partial charge on any atom is -0.312 e. The van der Waals surface area contributed by atoms with Gasteiger partial charge in [-0.25, -0.2) is 0 Å². The van der Waals surface area contributed by atoms with Crippen molar-refractivity contribution in [2.24, 2.45) is 11.8 Å². The third kappa shape index (κ3) is 4.10. The van der Waals surface area contributed by atoms with Crippen LogP contribution in [0.15, 0.2) is 18.2 Å². The van der Waals surface area contributed by atoms with E-state index in [-0.39, 0.29) is 0 Å². The predicted molar refractivity (Wildman–Crippen MR) is 90.5 cm³/mol. The molecule has 0 amide bonds. The van der Waals surface area contributed by atoms with Gasteiger partial charge in [0.05, 0.1) is 0 Å². The van der Waals surface area contributed by atoms with Crippen LogP contribution in [0.4, 0.5) is 0 Å². The van der Waals surface area contributed by atoms with Gasteiger partial charge in [-0.2, -0.15) is 0 Å². The Hall–Kier alpha value is -0.820. The summed E-state index contributed by atoms with van der Waals surface area (Å²) in [5, 5.41) is 3.71. The molecule has 21 heavy (non-hydrogen) atoms. The summed E-state index contributed by atoms with van der Waals surface area (Å²) < 4.78 is 0. The van der Waals surface area contributed by atoms with Crippen LogP contribution < -0.4 is 5.32 Å². The minimum atomic E-state index is 0.836. The van der Waals surface area contributed by atoms with E-state index in [0.717, 1.165) is 18.4 Å². The summed E-state index contributed by atoms with van der Waals surface area (Å²) in [4.78, 5) is 0. The Morgan fingerprint density at radius 3 is 2.57 bits per heavy atom. The molecule has 0 heterocycles. The van der Waals surface area contributed by atoms with Gasteiger partial charge in [0.2, 0.25) is 0 Å². The third-order valence-corrected chi connectivity index (χ3v) is 5.66. The van der Waals surface area contributed by atoms with E-state index in [9.17, 15) is 0 Å². The lowest BCUT2D eigenvalue weighted by Crippen LogP contribution is -2.27. The molecule has 2 aliphatic carbocycles. The van der Waals surface area contributed by atoms with Crippen molar-refractivity contribution in [3.8, 4) is 0 Å². The van der Waals surface area contributed by atoms with Crippen LogP contribution in [-0.4, -0.2) is 6.54 Å². The van der Waals surface area contributed by atoms with E-state index in [1.807, 2.05) is 0 Å². The minimum absolute atomic E-state index is 0.836. The number of benzene rings is 1. The molecular weight excluding hydrogens is 254 g/mol. The van der Waals surface area contributed by atoms with E-state index in [0.29, 0.717) is 0 Å². The molecule has 1 nitrogen and oxygen atoms in total. The summed E-state index contributed by atoms with van der Waals surface area (Å²) in [5.41, 5.74) is 4.69. The van der Waals surface area contributed by atoms with E-state index in [4.69, 9.17) is 0 Å². The maximum atomic E-state index is 3.71. The molecule has 2 aliphatic rings. The Morgan fingerprint density at radius 2 is 1.76 bits per heavy atom. The Kier molecular flexibility index (Phi) is 5.35. The molecule has 3 rings (SSSR count). The van der Waals surface area contributed by atoms with Gasteiger partial charge in [0.25, 0.3) is 0 Å². The second-order valence-corrected chi connectivity index (χ2v) is 7.32. The molecule has 0 radical (unpaired) electrons. The lowest BCUT2D eigenvalue weighted by molar-refractivity contribution is 0.256. The summed E-state index contributed by atoms with van der Waals surface area (Å²) in [6.07, 6.45) is 12.6. The van der Waals surface area contributed by atoms with Crippen molar-refractivity contribution in [1.82, 2.24) is 5.32 Å². The highest BCUT2D eigenvalue weighted by Crippen LogP contribution is 2.29. The maximum Gasteiger partial charge on any atom is 0.0205 e. The Balaban J connectivity index is 1.46. The summed E-state index contributed by atoms with van der Waals surface area (Å²) in [6, 6.07) is 7.16. The van der Waals surface area contributed by atoms with Gasteiger partial charge in [0, 0.05) is 6.54 Å². The van der Waals surface area contributed by atoms with Crippen molar-refractivity contribution in [2.75, 3.05) is 6.54 Å². The van der Waals surface area contributed by atoms with Crippen molar-refractivity contribution in [3.63, 3.8) is 0 Å². The van der Waals surface area contributed by atoms with Gasteiger partial charge in [0.1, 0.15) is 0 Å². The van der Waals surface area contributed by atoms with Crippen LogP contribution in [-0.2, 0) is 19.4 Å². The molecule has 0 aliphatic heterocycles. The molecule has 1 aromatic carbocycles. The van der Waals surface area contributed by atoms with Crippen molar-refractivity contribution < 1.29 is 0 Å². The number of hydrogen-bond donors (Lipinski definition) is 1.